The highest BCUT2D eigenvalue weighted by molar-refractivity contribution is 5.71. The van der Waals surface area contributed by atoms with Crippen LogP contribution in [0.25, 0.3) is 12.2 Å². The first-order chi connectivity index (χ1) is 14.8. The molecule has 0 radical (unpaired) electrons. The molecule has 0 heterocycles. The van der Waals surface area contributed by atoms with Crippen molar-refractivity contribution in [2.75, 3.05) is 0 Å². The molecule has 0 saturated carbocycles. The lowest BCUT2D eigenvalue weighted by Crippen LogP contribution is -1.90. The summed E-state index contributed by atoms with van der Waals surface area (Å²) >= 11 is 0. The number of benzene rings is 3. The van der Waals surface area contributed by atoms with Gasteiger partial charge in [0.2, 0.25) is 0 Å². The number of hydrogen-bond donors (Lipinski definition) is 1. The van der Waals surface area contributed by atoms with Crippen molar-refractivity contribution in [3.63, 3.8) is 0 Å². The molecule has 3 aromatic carbocycles. The van der Waals surface area contributed by atoms with E-state index in [4.69, 9.17) is 0 Å². The van der Waals surface area contributed by atoms with Crippen molar-refractivity contribution in [3.8, 4) is 5.75 Å². The number of hydrogen-bond acceptors (Lipinski definition) is 1. The van der Waals surface area contributed by atoms with Crippen LogP contribution in [0.1, 0.15) is 67.2 Å². The molecule has 0 spiro atoms. The molecule has 3 rings (SSSR count). The van der Waals surface area contributed by atoms with Gasteiger partial charge >= 0.3 is 0 Å². The summed E-state index contributed by atoms with van der Waals surface area (Å²) in [4.78, 5) is 0. The zero-order chi connectivity index (χ0) is 20.9. The molecule has 0 aromatic heterocycles. The fraction of sp³-hybridized carbons (Fsp3) is 0.310. The van der Waals surface area contributed by atoms with Crippen molar-refractivity contribution >= 4 is 12.2 Å². The summed E-state index contributed by atoms with van der Waals surface area (Å²) in [6, 6.07) is 27.0. The Kier molecular flexibility index (Phi) is 9.27. The molecule has 3 aromatic rings. The van der Waals surface area contributed by atoms with E-state index in [2.05, 4.69) is 66.7 Å². The summed E-state index contributed by atoms with van der Waals surface area (Å²) in [7, 11) is 0. The molecule has 1 nitrogen and oxygen atoms in total. The summed E-state index contributed by atoms with van der Waals surface area (Å²) < 4.78 is 0. The van der Waals surface area contributed by atoms with E-state index in [0.29, 0.717) is 5.75 Å². The summed E-state index contributed by atoms with van der Waals surface area (Å²) in [6.07, 6.45) is 15.5. The Bertz CT molecular complexity index is 895. The number of unbranched alkanes of at least 4 members (excludes halogenated alkanes) is 6. The third-order valence-corrected chi connectivity index (χ3v) is 5.69. The van der Waals surface area contributed by atoms with Gasteiger partial charge in [0.1, 0.15) is 5.75 Å². The Morgan fingerprint density at radius 3 is 1.73 bits per heavy atom. The third kappa shape index (κ3) is 7.55. The molecule has 0 aliphatic heterocycles. The van der Waals surface area contributed by atoms with Crippen LogP contribution in [0.15, 0.2) is 78.9 Å². The maximum Gasteiger partial charge on any atom is 0.118 e. The van der Waals surface area contributed by atoms with Crippen LogP contribution in [0, 0.1) is 0 Å². The molecule has 0 unspecified atom stereocenters. The smallest absolute Gasteiger partial charge is 0.118 e. The Morgan fingerprint density at radius 1 is 0.500 bits per heavy atom. The average molecular weight is 399 g/mol. The first-order valence-corrected chi connectivity index (χ1v) is 11.4. The molecule has 0 aliphatic rings. The van der Waals surface area contributed by atoms with Crippen LogP contribution in [-0.2, 0) is 12.8 Å². The Labute approximate surface area is 182 Å². The van der Waals surface area contributed by atoms with Crippen LogP contribution in [-0.4, -0.2) is 5.11 Å². The third-order valence-electron chi connectivity index (χ3n) is 5.69. The number of rotatable bonds is 12. The maximum atomic E-state index is 9.81. The number of phenols is 1. The molecule has 0 aliphatic carbocycles. The van der Waals surface area contributed by atoms with Crippen molar-refractivity contribution in [3.05, 3.63) is 101 Å². The van der Waals surface area contributed by atoms with Crippen molar-refractivity contribution in [1.82, 2.24) is 0 Å². The van der Waals surface area contributed by atoms with Gasteiger partial charge in [-0.1, -0.05) is 117 Å². The minimum atomic E-state index is 0.441. The van der Waals surface area contributed by atoms with E-state index in [9.17, 15) is 5.11 Å². The fourth-order valence-electron chi connectivity index (χ4n) is 3.91. The molecule has 1 heteroatoms. The quantitative estimate of drug-likeness (QED) is 0.241. The number of aromatic hydroxyl groups is 1. The highest BCUT2D eigenvalue weighted by Gasteiger charge is 2.01. The van der Waals surface area contributed by atoms with Crippen molar-refractivity contribution in [1.29, 1.82) is 0 Å². The van der Waals surface area contributed by atoms with E-state index in [1.807, 2.05) is 18.2 Å². The maximum absolute atomic E-state index is 9.81. The highest BCUT2D eigenvalue weighted by Crippen LogP contribution is 2.20. The predicted molar refractivity (Wildman–Crippen MR) is 130 cm³/mol. The summed E-state index contributed by atoms with van der Waals surface area (Å²) in [5, 5.41) is 9.81. The monoisotopic (exact) mass is 398 g/mol. The Morgan fingerprint density at radius 2 is 1.03 bits per heavy atom. The lowest BCUT2D eigenvalue weighted by molar-refractivity contribution is 0.466. The number of para-hydroxylation sites is 1. The van der Waals surface area contributed by atoms with Crippen LogP contribution >= 0.6 is 0 Å². The van der Waals surface area contributed by atoms with E-state index in [1.54, 1.807) is 6.07 Å². The second-order valence-corrected chi connectivity index (χ2v) is 8.05. The van der Waals surface area contributed by atoms with Gasteiger partial charge in [0, 0.05) is 0 Å². The van der Waals surface area contributed by atoms with Gasteiger partial charge in [0.05, 0.1) is 0 Å². The van der Waals surface area contributed by atoms with Gasteiger partial charge in [-0.15, -0.1) is 0 Å². The molecule has 0 amide bonds. The van der Waals surface area contributed by atoms with Gasteiger partial charge in [-0.05, 0) is 54.0 Å². The Hall–Kier alpha value is -2.80. The van der Waals surface area contributed by atoms with Crippen LogP contribution in [0.2, 0.25) is 0 Å². The molecular formula is C29H34O. The largest absolute Gasteiger partial charge is 0.508 e. The van der Waals surface area contributed by atoms with E-state index in [1.165, 1.54) is 61.6 Å². The van der Waals surface area contributed by atoms with E-state index >= 15 is 0 Å². The van der Waals surface area contributed by atoms with E-state index in [-0.39, 0.29) is 0 Å². The molecule has 30 heavy (non-hydrogen) atoms. The zero-order valence-corrected chi connectivity index (χ0v) is 18.0. The molecule has 0 fully saturated rings. The first-order valence-electron chi connectivity index (χ1n) is 11.4. The van der Waals surface area contributed by atoms with Gasteiger partial charge in [-0.3, -0.25) is 0 Å². The molecular weight excluding hydrogens is 364 g/mol. The van der Waals surface area contributed by atoms with Crippen LogP contribution in [0.5, 0.6) is 5.75 Å². The molecule has 0 bridgehead atoms. The average Bonchev–Trinajstić information content (AvgIpc) is 2.79. The molecule has 1 N–H and O–H groups in total. The Balaban J connectivity index is 1.30. The molecule has 0 atom stereocenters. The van der Waals surface area contributed by atoms with Crippen LogP contribution < -0.4 is 0 Å². The zero-order valence-electron chi connectivity index (χ0n) is 18.0. The summed E-state index contributed by atoms with van der Waals surface area (Å²) in [5.41, 5.74) is 5.12. The second-order valence-electron chi connectivity index (χ2n) is 8.05. The van der Waals surface area contributed by atoms with E-state index in [0.717, 1.165) is 18.4 Å². The van der Waals surface area contributed by atoms with Crippen LogP contribution in [0.3, 0.4) is 0 Å². The van der Waals surface area contributed by atoms with Gasteiger partial charge < -0.3 is 5.11 Å². The van der Waals surface area contributed by atoms with Crippen molar-refractivity contribution in [2.45, 2.75) is 57.8 Å². The minimum absolute atomic E-state index is 0.441. The van der Waals surface area contributed by atoms with Crippen LogP contribution in [0.4, 0.5) is 0 Å². The minimum Gasteiger partial charge on any atom is -0.508 e. The number of aryl methyl sites for hydroxylation is 2. The van der Waals surface area contributed by atoms with Gasteiger partial charge in [0.25, 0.3) is 0 Å². The summed E-state index contributed by atoms with van der Waals surface area (Å²) in [5.74, 6) is 0.441. The highest BCUT2D eigenvalue weighted by atomic mass is 16.3. The topological polar surface area (TPSA) is 20.2 Å². The van der Waals surface area contributed by atoms with Gasteiger partial charge in [-0.2, -0.15) is 0 Å². The van der Waals surface area contributed by atoms with Gasteiger partial charge in [-0.25, -0.2) is 0 Å². The SMILES string of the molecule is Oc1ccccc1CCCCCCCCCc1ccccc1C=Cc1ccccc1. The standard InChI is InChI=1S/C29H34O/c30-29-22-14-13-21-28(29)20-10-5-3-1-2-4-9-17-26-18-11-12-19-27(26)24-23-25-15-7-6-8-16-25/h6-8,11-16,18-19,21-24,30H,1-5,9-10,17,20H2. The van der Waals surface area contributed by atoms with E-state index < -0.39 is 0 Å². The summed E-state index contributed by atoms with van der Waals surface area (Å²) in [6.45, 7) is 0. The molecule has 156 valence electrons. The van der Waals surface area contributed by atoms with Crippen molar-refractivity contribution in [2.24, 2.45) is 0 Å². The predicted octanol–water partition coefficient (Wildman–Crippen LogP) is 8.08. The number of phenolic OH excluding ortho intramolecular Hbond substituents is 1. The molecule has 0 saturated heterocycles. The van der Waals surface area contributed by atoms with Crippen molar-refractivity contribution < 1.29 is 5.11 Å². The lowest BCUT2D eigenvalue weighted by Gasteiger charge is -2.07. The normalized spacial score (nSPS) is 11.2. The first kappa shape index (κ1) is 21.9. The van der Waals surface area contributed by atoms with Gasteiger partial charge in [0.15, 0.2) is 0 Å². The second kappa shape index (κ2) is 12.7. The fourth-order valence-corrected chi connectivity index (χ4v) is 3.91. The lowest BCUT2D eigenvalue weighted by atomic mass is 9.99.